The zero-order chi connectivity index (χ0) is 16.2. The number of hydrogen-bond acceptors (Lipinski definition) is 7. The molecular formula is C16H19N5O2. The van der Waals surface area contributed by atoms with Crippen molar-refractivity contribution in [2.75, 3.05) is 23.5 Å². The summed E-state index contributed by atoms with van der Waals surface area (Å²) in [7, 11) is 1.62. The van der Waals surface area contributed by atoms with E-state index in [0.717, 1.165) is 11.4 Å². The maximum absolute atomic E-state index is 9.50. The summed E-state index contributed by atoms with van der Waals surface area (Å²) in [5.74, 6) is 1.76. The largest absolute Gasteiger partial charge is 0.497 e. The van der Waals surface area contributed by atoms with Gasteiger partial charge < -0.3 is 26.2 Å². The average Bonchev–Trinajstić information content (AvgIpc) is 2.96. The maximum atomic E-state index is 9.50. The Morgan fingerprint density at radius 2 is 2.04 bits per heavy atom. The molecule has 0 aliphatic heterocycles. The molecule has 5 N–H and O–H groups in total. The predicted octanol–water partition coefficient (Wildman–Crippen LogP) is 1.91. The predicted molar refractivity (Wildman–Crippen MR) is 89.9 cm³/mol. The van der Waals surface area contributed by atoms with Crippen molar-refractivity contribution in [2.45, 2.75) is 18.6 Å². The first kappa shape index (κ1) is 15.1. The molecule has 23 heavy (non-hydrogen) atoms. The van der Waals surface area contributed by atoms with Gasteiger partial charge in [0, 0.05) is 12.1 Å². The molecule has 0 amide bonds. The van der Waals surface area contributed by atoms with Crippen LogP contribution in [0, 0.1) is 0 Å². The minimum absolute atomic E-state index is 0.0162. The van der Waals surface area contributed by atoms with E-state index < -0.39 is 6.10 Å². The Bertz CT molecular complexity index is 702. The molecule has 1 aromatic heterocycles. The number of nitrogens with zero attached hydrogens (tertiary/aromatic N) is 2. The number of ether oxygens (including phenoxy) is 1. The van der Waals surface area contributed by atoms with Crippen molar-refractivity contribution in [2.24, 2.45) is 0 Å². The number of hydrogen-bond donors (Lipinski definition) is 4. The van der Waals surface area contributed by atoms with Gasteiger partial charge in [-0.2, -0.15) is 4.98 Å². The lowest BCUT2D eigenvalue weighted by atomic mass is 10.2. The molecule has 2 unspecified atom stereocenters. The lowest BCUT2D eigenvalue weighted by molar-refractivity contribution is 0.220. The fraction of sp³-hybridized carbons (Fsp3) is 0.250. The molecule has 1 aliphatic rings. The molecular weight excluding hydrogens is 294 g/mol. The first-order valence-corrected chi connectivity index (χ1v) is 7.30. The quantitative estimate of drug-likeness (QED) is 0.625. The summed E-state index contributed by atoms with van der Waals surface area (Å²) in [6, 6.07) is 7.47. The van der Waals surface area contributed by atoms with Crippen molar-refractivity contribution in [3.8, 4) is 5.75 Å². The first-order chi connectivity index (χ1) is 11.1. The summed E-state index contributed by atoms with van der Waals surface area (Å²) in [6.07, 6.45) is 5.40. The number of aliphatic hydroxyl groups excluding tert-OH is 1. The molecule has 3 rings (SSSR count). The Balaban J connectivity index is 1.73. The molecule has 1 heterocycles. The van der Waals surface area contributed by atoms with Crippen molar-refractivity contribution >= 4 is 23.1 Å². The van der Waals surface area contributed by atoms with Crippen LogP contribution in [-0.4, -0.2) is 34.3 Å². The first-order valence-electron chi connectivity index (χ1n) is 7.30. The molecule has 1 aromatic carbocycles. The van der Waals surface area contributed by atoms with E-state index in [0.29, 0.717) is 23.9 Å². The van der Waals surface area contributed by atoms with E-state index in [2.05, 4.69) is 20.6 Å². The van der Waals surface area contributed by atoms with Crippen LogP contribution < -0.4 is 21.1 Å². The summed E-state index contributed by atoms with van der Waals surface area (Å²) in [5, 5.41) is 15.8. The second kappa shape index (κ2) is 6.53. The number of nitrogens with one attached hydrogen (secondary N) is 2. The molecule has 7 heteroatoms. The fourth-order valence-electron chi connectivity index (χ4n) is 2.32. The Morgan fingerprint density at radius 3 is 2.70 bits per heavy atom. The minimum atomic E-state index is -0.418. The number of rotatable bonds is 5. The van der Waals surface area contributed by atoms with Crippen LogP contribution in [0.25, 0.3) is 0 Å². The third kappa shape index (κ3) is 3.70. The van der Waals surface area contributed by atoms with E-state index in [1.165, 1.54) is 0 Å². The van der Waals surface area contributed by atoms with Crippen LogP contribution in [0.3, 0.4) is 0 Å². The van der Waals surface area contributed by atoms with Gasteiger partial charge >= 0.3 is 0 Å². The van der Waals surface area contributed by atoms with Gasteiger partial charge in [0.05, 0.1) is 31.1 Å². The summed E-state index contributed by atoms with van der Waals surface area (Å²) >= 11 is 0. The Kier molecular flexibility index (Phi) is 4.29. The molecule has 0 bridgehead atoms. The van der Waals surface area contributed by atoms with Crippen LogP contribution in [0.5, 0.6) is 5.75 Å². The molecule has 0 radical (unpaired) electrons. The van der Waals surface area contributed by atoms with Crippen LogP contribution in [0.15, 0.2) is 42.6 Å². The van der Waals surface area contributed by atoms with Crippen molar-refractivity contribution in [3.63, 3.8) is 0 Å². The van der Waals surface area contributed by atoms with E-state index in [1.54, 1.807) is 19.4 Å². The number of methoxy groups -OCH3 is 1. The molecule has 7 nitrogen and oxygen atoms in total. The molecule has 120 valence electrons. The van der Waals surface area contributed by atoms with E-state index in [9.17, 15) is 5.11 Å². The number of aliphatic hydroxyl groups is 1. The molecule has 2 aromatic rings. The van der Waals surface area contributed by atoms with E-state index in [1.807, 2.05) is 30.3 Å². The summed E-state index contributed by atoms with van der Waals surface area (Å²) < 4.78 is 5.13. The highest BCUT2D eigenvalue weighted by atomic mass is 16.5. The molecule has 1 aliphatic carbocycles. The molecule has 0 fully saturated rings. The average molecular weight is 313 g/mol. The number of anilines is 4. The Morgan fingerprint density at radius 1 is 1.26 bits per heavy atom. The smallest absolute Gasteiger partial charge is 0.225 e. The van der Waals surface area contributed by atoms with Gasteiger partial charge in [-0.05, 0) is 24.3 Å². The highest BCUT2D eigenvalue weighted by molar-refractivity contribution is 5.69. The van der Waals surface area contributed by atoms with Crippen molar-refractivity contribution < 1.29 is 9.84 Å². The second-order valence-electron chi connectivity index (χ2n) is 5.29. The van der Waals surface area contributed by atoms with Crippen molar-refractivity contribution in [1.29, 1.82) is 0 Å². The fourth-order valence-corrected chi connectivity index (χ4v) is 2.32. The minimum Gasteiger partial charge on any atom is -0.497 e. The van der Waals surface area contributed by atoms with Gasteiger partial charge in [-0.15, -0.1) is 0 Å². The van der Waals surface area contributed by atoms with Crippen LogP contribution in [0.1, 0.15) is 6.42 Å². The van der Waals surface area contributed by atoms with Gasteiger partial charge in [0.15, 0.2) is 5.82 Å². The summed E-state index contributed by atoms with van der Waals surface area (Å²) in [6.45, 7) is 0. The Labute approximate surface area is 134 Å². The maximum Gasteiger partial charge on any atom is 0.225 e. The third-order valence-corrected chi connectivity index (χ3v) is 3.55. The standard InChI is InChI=1S/C16H19N5O2/c1-23-13-6-3-10(4-7-13)19-15-14(17)9-18-16(21-15)20-11-2-5-12(22)8-11/h2-7,9,11-12,22H,8,17H2,1H3,(H2,18,19,20,21). The zero-order valence-corrected chi connectivity index (χ0v) is 12.7. The summed E-state index contributed by atoms with van der Waals surface area (Å²) in [4.78, 5) is 8.57. The van der Waals surface area contributed by atoms with Gasteiger partial charge in [0.25, 0.3) is 0 Å². The van der Waals surface area contributed by atoms with Crippen molar-refractivity contribution in [3.05, 3.63) is 42.6 Å². The van der Waals surface area contributed by atoms with Gasteiger partial charge in [0.2, 0.25) is 5.95 Å². The van der Waals surface area contributed by atoms with Crippen LogP contribution in [0.4, 0.5) is 23.1 Å². The molecule has 2 atom stereocenters. The number of aromatic nitrogens is 2. The van der Waals surface area contributed by atoms with Gasteiger partial charge in [-0.25, -0.2) is 4.98 Å². The normalized spacial score (nSPS) is 19.6. The monoisotopic (exact) mass is 313 g/mol. The second-order valence-corrected chi connectivity index (χ2v) is 5.29. The topological polar surface area (TPSA) is 105 Å². The van der Waals surface area contributed by atoms with Gasteiger partial charge in [-0.3, -0.25) is 0 Å². The third-order valence-electron chi connectivity index (χ3n) is 3.55. The van der Waals surface area contributed by atoms with E-state index in [4.69, 9.17) is 10.5 Å². The highest BCUT2D eigenvalue weighted by Crippen LogP contribution is 2.24. The van der Waals surface area contributed by atoms with Crippen molar-refractivity contribution in [1.82, 2.24) is 9.97 Å². The van der Waals surface area contributed by atoms with Gasteiger partial charge in [-0.1, -0.05) is 12.2 Å². The lowest BCUT2D eigenvalue weighted by Gasteiger charge is -2.14. The van der Waals surface area contributed by atoms with Crippen LogP contribution in [0.2, 0.25) is 0 Å². The molecule has 0 spiro atoms. The Hall–Kier alpha value is -2.80. The SMILES string of the molecule is COc1ccc(Nc2nc(NC3C=CC(O)C3)ncc2N)cc1. The van der Waals surface area contributed by atoms with E-state index >= 15 is 0 Å². The van der Waals surface area contributed by atoms with Gasteiger partial charge in [0.1, 0.15) is 5.75 Å². The highest BCUT2D eigenvalue weighted by Gasteiger charge is 2.17. The summed E-state index contributed by atoms with van der Waals surface area (Å²) in [5.41, 5.74) is 7.23. The van der Waals surface area contributed by atoms with E-state index in [-0.39, 0.29) is 6.04 Å². The molecule has 0 saturated carbocycles. The van der Waals surface area contributed by atoms with Crippen LogP contribution in [-0.2, 0) is 0 Å². The van der Waals surface area contributed by atoms with Crippen LogP contribution >= 0.6 is 0 Å². The number of nitrogen functional groups attached to an aromatic ring is 1. The zero-order valence-electron chi connectivity index (χ0n) is 12.7. The number of benzene rings is 1. The molecule has 0 saturated heterocycles. The lowest BCUT2D eigenvalue weighted by Crippen LogP contribution is -2.19. The number of nitrogens with two attached hydrogens (primary N) is 1.